The molecule has 150 valence electrons. The predicted octanol–water partition coefficient (Wildman–Crippen LogP) is 1.20. The molecule has 2 fully saturated rings. The number of benzene rings is 1. The summed E-state index contributed by atoms with van der Waals surface area (Å²) < 4.78 is 11.2. The second kappa shape index (κ2) is 8.38. The van der Waals surface area contributed by atoms with E-state index < -0.39 is 0 Å². The van der Waals surface area contributed by atoms with Gasteiger partial charge in [-0.3, -0.25) is 9.69 Å². The van der Waals surface area contributed by atoms with Crippen molar-refractivity contribution in [2.45, 2.75) is 38.5 Å². The minimum absolute atomic E-state index is 0.0236. The number of hydrogen-bond acceptors (Lipinski definition) is 7. The molecule has 2 saturated heterocycles. The first-order valence-electron chi connectivity index (χ1n) is 9.88. The molecule has 0 unspecified atom stereocenters. The van der Waals surface area contributed by atoms with E-state index in [0.717, 1.165) is 31.5 Å². The summed E-state index contributed by atoms with van der Waals surface area (Å²) in [6.45, 7) is 6.05. The van der Waals surface area contributed by atoms with Crippen LogP contribution in [0.4, 0.5) is 0 Å². The second-order valence-electron chi connectivity index (χ2n) is 7.54. The summed E-state index contributed by atoms with van der Waals surface area (Å²) in [7, 11) is 0. The summed E-state index contributed by atoms with van der Waals surface area (Å²) in [5, 5.41) is 4.09. The van der Waals surface area contributed by atoms with Gasteiger partial charge < -0.3 is 19.9 Å². The number of aryl methyl sites for hydroxylation is 1. The third kappa shape index (κ3) is 4.24. The summed E-state index contributed by atoms with van der Waals surface area (Å²) >= 11 is 0. The molecule has 0 radical (unpaired) electrons. The lowest BCUT2D eigenvalue weighted by atomic mass is 10.1. The van der Waals surface area contributed by atoms with Crippen molar-refractivity contribution in [1.29, 1.82) is 0 Å². The van der Waals surface area contributed by atoms with Crippen molar-refractivity contribution in [2.75, 3.05) is 32.7 Å². The van der Waals surface area contributed by atoms with E-state index in [1.54, 1.807) is 0 Å². The maximum Gasteiger partial charge on any atom is 0.251 e. The van der Waals surface area contributed by atoms with E-state index in [2.05, 4.69) is 15.0 Å². The third-order valence-electron chi connectivity index (χ3n) is 5.47. The first kappa shape index (κ1) is 19.0. The Balaban J connectivity index is 1.28. The summed E-state index contributed by atoms with van der Waals surface area (Å²) in [6.07, 6.45) is 1.33. The zero-order valence-corrected chi connectivity index (χ0v) is 16.2. The normalized spacial score (nSPS) is 23.3. The van der Waals surface area contributed by atoms with Gasteiger partial charge in [0.1, 0.15) is 6.10 Å². The number of ether oxygens (including phenoxy) is 1. The highest BCUT2D eigenvalue weighted by Gasteiger charge is 2.34. The van der Waals surface area contributed by atoms with Crippen molar-refractivity contribution in [1.82, 2.24) is 19.9 Å². The quantitative estimate of drug-likeness (QED) is 0.826. The molecule has 8 nitrogen and oxygen atoms in total. The Morgan fingerprint density at radius 3 is 2.61 bits per heavy atom. The zero-order valence-electron chi connectivity index (χ0n) is 16.2. The number of amides is 1. The molecule has 4 rings (SSSR count). The fraction of sp³-hybridized carbons (Fsp3) is 0.550. The minimum Gasteiger partial charge on any atom is -0.364 e. The molecule has 2 N–H and O–H groups in total. The lowest BCUT2D eigenvalue weighted by Crippen LogP contribution is -2.51. The van der Waals surface area contributed by atoms with E-state index >= 15 is 0 Å². The highest BCUT2D eigenvalue weighted by Crippen LogP contribution is 2.22. The Morgan fingerprint density at radius 1 is 1.18 bits per heavy atom. The summed E-state index contributed by atoms with van der Waals surface area (Å²) in [5.41, 5.74) is 7.78. The number of nitrogens with two attached hydrogens (primary N) is 1. The topological polar surface area (TPSA) is 97.7 Å². The van der Waals surface area contributed by atoms with Crippen LogP contribution in [-0.2, 0) is 16.1 Å². The van der Waals surface area contributed by atoms with Gasteiger partial charge in [0.25, 0.3) is 5.91 Å². The van der Waals surface area contributed by atoms with Crippen LogP contribution in [0.2, 0.25) is 0 Å². The van der Waals surface area contributed by atoms with Crippen LogP contribution in [0.25, 0.3) is 11.4 Å². The number of piperazine rings is 1. The van der Waals surface area contributed by atoms with E-state index in [1.807, 2.05) is 36.1 Å². The molecular weight excluding hydrogens is 358 g/mol. The van der Waals surface area contributed by atoms with Crippen LogP contribution < -0.4 is 5.73 Å². The summed E-state index contributed by atoms with van der Waals surface area (Å²) in [6, 6.07) is 8.06. The van der Waals surface area contributed by atoms with Gasteiger partial charge in [-0.15, -0.1) is 0 Å². The first-order valence-corrected chi connectivity index (χ1v) is 9.88. The fourth-order valence-corrected chi connectivity index (χ4v) is 3.72. The van der Waals surface area contributed by atoms with Gasteiger partial charge in [0.2, 0.25) is 11.7 Å². The van der Waals surface area contributed by atoms with E-state index in [-0.39, 0.29) is 18.1 Å². The summed E-state index contributed by atoms with van der Waals surface area (Å²) in [5.74, 6) is 1.30. The molecule has 1 aromatic heterocycles. The number of hydrogen-bond donors (Lipinski definition) is 1. The van der Waals surface area contributed by atoms with Gasteiger partial charge in [0.05, 0.1) is 12.6 Å². The Bertz CT molecular complexity index is 798. The van der Waals surface area contributed by atoms with Crippen LogP contribution in [0.5, 0.6) is 0 Å². The Morgan fingerprint density at radius 2 is 1.93 bits per heavy atom. The van der Waals surface area contributed by atoms with Gasteiger partial charge in [-0.1, -0.05) is 35.0 Å². The highest BCUT2D eigenvalue weighted by molar-refractivity contribution is 5.81. The van der Waals surface area contributed by atoms with Crippen LogP contribution in [0.3, 0.4) is 0 Å². The van der Waals surface area contributed by atoms with Crippen LogP contribution in [0.15, 0.2) is 28.8 Å². The van der Waals surface area contributed by atoms with E-state index in [1.165, 1.54) is 5.56 Å². The smallest absolute Gasteiger partial charge is 0.251 e. The monoisotopic (exact) mass is 385 g/mol. The molecule has 2 aliphatic heterocycles. The summed E-state index contributed by atoms with van der Waals surface area (Å²) in [4.78, 5) is 21.2. The van der Waals surface area contributed by atoms with Gasteiger partial charge in [0, 0.05) is 38.3 Å². The molecular formula is C20H27N5O3. The van der Waals surface area contributed by atoms with E-state index in [4.69, 9.17) is 15.0 Å². The Labute approximate surface area is 164 Å². The van der Waals surface area contributed by atoms with Crippen molar-refractivity contribution in [3.05, 3.63) is 35.7 Å². The van der Waals surface area contributed by atoms with Gasteiger partial charge in [-0.25, -0.2) is 0 Å². The van der Waals surface area contributed by atoms with Gasteiger partial charge in [0.15, 0.2) is 0 Å². The fourth-order valence-electron chi connectivity index (χ4n) is 3.72. The molecule has 2 atom stereocenters. The lowest BCUT2D eigenvalue weighted by Gasteiger charge is -2.35. The highest BCUT2D eigenvalue weighted by atomic mass is 16.5. The number of nitrogens with zero attached hydrogens (tertiary/aromatic N) is 4. The minimum atomic E-state index is -0.326. The second-order valence-corrected chi connectivity index (χ2v) is 7.54. The molecule has 1 aromatic carbocycles. The maximum absolute atomic E-state index is 12.6. The number of carbonyl (C=O) groups excluding carboxylic acids is 1. The largest absolute Gasteiger partial charge is 0.364 e. The average molecular weight is 385 g/mol. The van der Waals surface area contributed by atoms with Crippen molar-refractivity contribution in [3.63, 3.8) is 0 Å². The average Bonchev–Trinajstić information content (AvgIpc) is 3.38. The van der Waals surface area contributed by atoms with Crippen molar-refractivity contribution >= 4 is 5.91 Å². The van der Waals surface area contributed by atoms with Crippen LogP contribution in [0, 0.1) is 6.92 Å². The first-order chi connectivity index (χ1) is 13.6. The SMILES string of the molecule is Cc1ccc(-c2noc(CN3CCN(C(=O)[C@@H]4CC[C@H](CN)O4)CC3)n2)cc1. The van der Waals surface area contributed by atoms with Crippen LogP contribution in [-0.4, -0.2) is 70.8 Å². The maximum atomic E-state index is 12.6. The molecule has 3 heterocycles. The molecule has 0 bridgehead atoms. The van der Waals surface area contributed by atoms with Crippen molar-refractivity contribution < 1.29 is 14.1 Å². The lowest BCUT2D eigenvalue weighted by molar-refractivity contribution is -0.144. The van der Waals surface area contributed by atoms with E-state index in [0.29, 0.717) is 37.9 Å². The predicted molar refractivity (Wildman–Crippen MR) is 103 cm³/mol. The van der Waals surface area contributed by atoms with Crippen LogP contribution >= 0.6 is 0 Å². The number of carbonyl (C=O) groups is 1. The molecule has 8 heteroatoms. The third-order valence-corrected chi connectivity index (χ3v) is 5.47. The zero-order chi connectivity index (χ0) is 19.5. The molecule has 2 aliphatic rings. The van der Waals surface area contributed by atoms with Gasteiger partial charge in [-0.05, 0) is 19.8 Å². The Kier molecular flexibility index (Phi) is 5.70. The molecule has 0 spiro atoms. The van der Waals surface area contributed by atoms with Gasteiger partial charge in [-0.2, -0.15) is 4.98 Å². The standard InChI is InChI=1S/C20H27N5O3/c1-14-2-4-15(5-3-14)19-22-18(28-23-19)13-24-8-10-25(11-9-24)20(26)17-7-6-16(12-21)27-17/h2-5,16-17H,6-13,21H2,1H3/t16-,17+/m1/s1. The Hall–Kier alpha value is -2.29. The van der Waals surface area contributed by atoms with Gasteiger partial charge >= 0.3 is 0 Å². The van der Waals surface area contributed by atoms with Crippen molar-refractivity contribution in [3.8, 4) is 11.4 Å². The molecule has 0 aliphatic carbocycles. The molecule has 0 saturated carbocycles. The number of aromatic nitrogens is 2. The molecule has 2 aromatic rings. The van der Waals surface area contributed by atoms with Crippen LogP contribution in [0.1, 0.15) is 24.3 Å². The van der Waals surface area contributed by atoms with E-state index in [9.17, 15) is 4.79 Å². The van der Waals surface area contributed by atoms with Crippen molar-refractivity contribution in [2.24, 2.45) is 5.73 Å². The molecule has 1 amide bonds. The molecule has 28 heavy (non-hydrogen) atoms. The number of rotatable bonds is 5.